The summed E-state index contributed by atoms with van der Waals surface area (Å²) in [5.41, 5.74) is 1.98. The van der Waals surface area contributed by atoms with E-state index in [1.165, 1.54) is 17.5 Å². The zero-order valence-electron chi connectivity index (χ0n) is 19.7. The van der Waals surface area contributed by atoms with Crippen molar-refractivity contribution in [2.75, 3.05) is 13.2 Å². The first kappa shape index (κ1) is 27.1. The van der Waals surface area contributed by atoms with Gasteiger partial charge < -0.3 is 20.1 Å². The third-order valence-corrected chi connectivity index (χ3v) is 8.14. The maximum Gasteiger partial charge on any atom is 0.350 e. The van der Waals surface area contributed by atoms with E-state index in [2.05, 4.69) is 11.9 Å². The highest BCUT2D eigenvalue weighted by atomic mass is 35.5. The Balaban J connectivity index is 1.57. The largest absolute Gasteiger partial charge is 0.459 e. The number of halogens is 1. The number of benzene rings is 1. The molecule has 0 radical (unpaired) electrons. The minimum atomic E-state index is -0.486. The topological polar surface area (TPSA) is 99.9 Å². The molecule has 34 heavy (non-hydrogen) atoms. The van der Waals surface area contributed by atoms with Crippen LogP contribution < -0.4 is 0 Å². The number of carbonyl (C=O) groups is 1. The summed E-state index contributed by atoms with van der Waals surface area (Å²) in [7, 11) is 0. The third-order valence-electron chi connectivity index (χ3n) is 6.60. The van der Waals surface area contributed by atoms with Crippen molar-refractivity contribution in [3.63, 3.8) is 0 Å². The Kier molecular flexibility index (Phi) is 10.8. The summed E-state index contributed by atoms with van der Waals surface area (Å²) in [5.74, 6) is -0.350. The number of hydrogen-bond acceptors (Lipinski definition) is 7. The monoisotopic (exact) mass is 509 g/mol. The number of esters is 1. The predicted octanol–water partition coefficient (Wildman–Crippen LogP) is 5.00. The van der Waals surface area contributed by atoms with Crippen LogP contribution in [-0.4, -0.2) is 51.0 Å². The number of thiazole rings is 1. The van der Waals surface area contributed by atoms with E-state index < -0.39 is 18.2 Å². The lowest BCUT2D eigenvalue weighted by Gasteiger charge is -2.24. The fourth-order valence-electron chi connectivity index (χ4n) is 4.81. The van der Waals surface area contributed by atoms with Gasteiger partial charge in [0, 0.05) is 11.3 Å². The fraction of sp³-hybridized carbons (Fsp3) is 0.615. The van der Waals surface area contributed by atoms with Gasteiger partial charge in [0.15, 0.2) is 0 Å². The van der Waals surface area contributed by atoms with Gasteiger partial charge in [0.1, 0.15) is 11.5 Å². The average molecular weight is 510 g/mol. The van der Waals surface area contributed by atoms with E-state index in [4.69, 9.17) is 21.4 Å². The number of alkyl halides is 1. The van der Waals surface area contributed by atoms with Crippen LogP contribution in [0.5, 0.6) is 0 Å². The van der Waals surface area contributed by atoms with Crippen LogP contribution in [0.4, 0.5) is 0 Å². The first-order chi connectivity index (χ1) is 16.4. The Bertz CT molecular complexity index is 890. The van der Waals surface area contributed by atoms with E-state index in [-0.39, 0.29) is 30.4 Å². The molecule has 1 aromatic carbocycles. The zero-order valence-corrected chi connectivity index (χ0v) is 21.3. The Hall–Kier alpha value is -1.51. The second kappa shape index (κ2) is 13.5. The molecule has 6 nitrogen and oxygen atoms in total. The number of unbranched alkanes of at least 4 members (excludes halogenated alkanes) is 2. The van der Waals surface area contributed by atoms with Crippen molar-refractivity contribution in [3.8, 4) is 0 Å². The zero-order chi connectivity index (χ0) is 24.5. The van der Waals surface area contributed by atoms with Crippen molar-refractivity contribution in [2.24, 2.45) is 5.92 Å². The molecule has 0 amide bonds. The molecule has 2 aromatic rings. The third kappa shape index (κ3) is 7.25. The van der Waals surface area contributed by atoms with E-state index in [9.17, 15) is 15.0 Å². The molecule has 3 rings (SSSR count). The molecule has 1 aliphatic rings. The number of aromatic nitrogens is 1. The van der Waals surface area contributed by atoms with Crippen molar-refractivity contribution in [3.05, 3.63) is 51.5 Å². The molecule has 1 saturated carbocycles. The van der Waals surface area contributed by atoms with Gasteiger partial charge in [-0.2, -0.15) is 0 Å². The van der Waals surface area contributed by atoms with E-state index >= 15 is 0 Å². The minimum Gasteiger partial charge on any atom is -0.459 e. The minimum absolute atomic E-state index is 0.0205. The van der Waals surface area contributed by atoms with Crippen LogP contribution in [0, 0.1) is 5.92 Å². The number of carbonyl (C=O) groups excluding carboxylic acids is 1. The lowest BCUT2D eigenvalue weighted by Crippen LogP contribution is -2.19. The number of ether oxygens (including phenoxy) is 1. The molecular weight excluding hydrogens is 474 g/mol. The van der Waals surface area contributed by atoms with Crippen molar-refractivity contribution in [2.45, 2.75) is 81.8 Å². The summed E-state index contributed by atoms with van der Waals surface area (Å²) in [6, 6.07) is 8.01. The molecule has 5 atom stereocenters. The van der Waals surface area contributed by atoms with Gasteiger partial charge in [0.05, 0.1) is 30.0 Å². The van der Waals surface area contributed by atoms with E-state index in [0.717, 1.165) is 61.1 Å². The van der Waals surface area contributed by atoms with Crippen molar-refractivity contribution >= 4 is 28.9 Å². The van der Waals surface area contributed by atoms with Gasteiger partial charge in [-0.15, -0.1) is 22.9 Å². The van der Waals surface area contributed by atoms with Gasteiger partial charge in [0.2, 0.25) is 0 Å². The number of aliphatic hydroxyl groups is 3. The highest BCUT2D eigenvalue weighted by Gasteiger charge is 2.42. The summed E-state index contributed by atoms with van der Waals surface area (Å²) < 4.78 is 4.93. The standard InChI is InChI=1S/C26H36ClNO5S/c1-2-3-4-7-21(30)17-9-11-18(12-10-17)25-19(20(27)15-22(25)31)6-5-8-24-28-16-23(34-24)26(32)33-14-13-29/h9-12,16,19-22,25,29-31H,2-8,13-15H2,1H3/t19-,20+,21?,22+,25+/m0/s1. The van der Waals surface area contributed by atoms with Crippen molar-refractivity contribution in [1.82, 2.24) is 4.98 Å². The predicted molar refractivity (Wildman–Crippen MR) is 134 cm³/mol. The van der Waals surface area contributed by atoms with Crippen LogP contribution in [0.25, 0.3) is 0 Å². The van der Waals surface area contributed by atoms with Crippen molar-refractivity contribution < 1.29 is 24.9 Å². The number of nitrogens with zero attached hydrogens (tertiary/aromatic N) is 1. The molecule has 0 spiro atoms. The summed E-state index contributed by atoms with van der Waals surface area (Å²) in [6.45, 7) is 1.93. The number of rotatable bonds is 13. The van der Waals surface area contributed by atoms with Gasteiger partial charge in [-0.3, -0.25) is 0 Å². The molecule has 0 saturated heterocycles. The molecular formula is C26H36ClNO5S. The summed E-state index contributed by atoms with van der Waals surface area (Å²) >= 11 is 7.96. The van der Waals surface area contributed by atoms with Crippen LogP contribution in [0.15, 0.2) is 30.5 Å². The first-order valence-electron chi connectivity index (χ1n) is 12.3. The molecule has 1 aliphatic carbocycles. The van der Waals surface area contributed by atoms with Crippen LogP contribution in [0.1, 0.15) is 89.7 Å². The van der Waals surface area contributed by atoms with E-state index in [0.29, 0.717) is 11.3 Å². The summed E-state index contributed by atoms with van der Waals surface area (Å²) in [5, 5.41) is 30.7. The Morgan fingerprint density at radius 1 is 1.26 bits per heavy atom. The molecule has 0 aliphatic heterocycles. The van der Waals surface area contributed by atoms with Crippen LogP contribution >= 0.6 is 22.9 Å². The fourth-order valence-corrected chi connectivity index (χ4v) is 6.12. The van der Waals surface area contributed by atoms with Crippen LogP contribution in [-0.2, 0) is 11.2 Å². The normalized spacial score (nSPS) is 23.2. The molecule has 1 fully saturated rings. The first-order valence-corrected chi connectivity index (χ1v) is 13.5. The van der Waals surface area contributed by atoms with Gasteiger partial charge in [-0.05, 0) is 49.1 Å². The average Bonchev–Trinajstić information content (AvgIpc) is 3.41. The molecule has 188 valence electrons. The Morgan fingerprint density at radius 3 is 2.74 bits per heavy atom. The molecule has 1 aromatic heterocycles. The van der Waals surface area contributed by atoms with Crippen molar-refractivity contribution in [1.29, 1.82) is 0 Å². The number of aliphatic hydroxyl groups excluding tert-OH is 3. The Labute approximate surface area is 211 Å². The van der Waals surface area contributed by atoms with Gasteiger partial charge in [-0.25, -0.2) is 9.78 Å². The van der Waals surface area contributed by atoms with Crippen LogP contribution in [0.3, 0.4) is 0 Å². The Morgan fingerprint density at radius 2 is 2.03 bits per heavy atom. The quantitative estimate of drug-likeness (QED) is 0.199. The van der Waals surface area contributed by atoms with E-state index in [1.807, 2.05) is 24.3 Å². The highest BCUT2D eigenvalue weighted by molar-refractivity contribution is 7.13. The van der Waals surface area contributed by atoms with Gasteiger partial charge in [0.25, 0.3) is 0 Å². The van der Waals surface area contributed by atoms with Crippen LogP contribution in [0.2, 0.25) is 0 Å². The van der Waals surface area contributed by atoms with Gasteiger partial charge >= 0.3 is 5.97 Å². The number of hydrogen-bond donors (Lipinski definition) is 3. The SMILES string of the molecule is CCCCCC(O)c1ccc([C@@H]2[C@@H](CCCc3ncc(C(=O)OCCO)s3)[C@H](Cl)C[C@H]2O)cc1. The highest BCUT2D eigenvalue weighted by Crippen LogP contribution is 2.45. The maximum atomic E-state index is 11.9. The molecule has 8 heteroatoms. The number of aryl methyl sites for hydroxylation is 1. The van der Waals surface area contributed by atoms with E-state index in [1.54, 1.807) is 0 Å². The second-order valence-corrected chi connectivity index (χ2v) is 10.7. The second-order valence-electron chi connectivity index (χ2n) is 9.06. The van der Waals surface area contributed by atoms with Gasteiger partial charge in [-0.1, -0.05) is 50.5 Å². The molecule has 3 N–H and O–H groups in total. The summed E-state index contributed by atoms with van der Waals surface area (Å²) in [4.78, 5) is 16.6. The lowest BCUT2D eigenvalue weighted by molar-refractivity contribution is 0.0439. The maximum absolute atomic E-state index is 11.9. The lowest BCUT2D eigenvalue weighted by atomic mass is 9.84. The molecule has 1 heterocycles. The smallest absolute Gasteiger partial charge is 0.350 e. The summed E-state index contributed by atoms with van der Waals surface area (Å²) in [6.07, 6.45) is 7.61. The molecule has 0 bridgehead atoms. The molecule has 1 unspecified atom stereocenters.